The molecule has 0 spiro atoms. The van der Waals surface area contributed by atoms with E-state index in [1.165, 1.54) is 18.2 Å². The highest BCUT2D eigenvalue weighted by molar-refractivity contribution is 5.94. The molecule has 0 fully saturated rings. The molecule has 234 valence electrons. The van der Waals surface area contributed by atoms with Crippen LogP contribution < -0.4 is 18.9 Å². The Balaban J connectivity index is 0.000000246. The maximum atomic E-state index is 12.0. The Morgan fingerprint density at radius 3 is 1.29 bits per heavy atom. The van der Waals surface area contributed by atoms with Crippen LogP contribution in [0.15, 0.2) is 109 Å². The van der Waals surface area contributed by atoms with Crippen molar-refractivity contribution in [3.63, 3.8) is 0 Å². The van der Waals surface area contributed by atoms with Gasteiger partial charge in [0.05, 0.1) is 13.2 Å². The zero-order valence-corrected chi connectivity index (χ0v) is 25.0. The van der Waals surface area contributed by atoms with Gasteiger partial charge >= 0.3 is 24.2 Å². The lowest BCUT2D eigenvalue weighted by atomic mass is 10.2. The van der Waals surface area contributed by atoms with Crippen LogP contribution in [0.1, 0.15) is 53.8 Å². The van der Waals surface area contributed by atoms with Crippen LogP contribution in [0.3, 0.4) is 0 Å². The first-order valence-electron chi connectivity index (χ1n) is 14.3. The molecule has 0 saturated carbocycles. The Bertz CT molecular complexity index is 1520. The predicted octanol–water partition coefficient (Wildman–Crippen LogP) is 8.05. The summed E-state index contributed by atoms with van der Waals surface area (Å²) in [5, 5.41) is 0. The standard InChI is InChI=1S/C18H18O5.C17H16O5/c1-2-3-13-21-17(19)15-11-7-8-12-16(15)23-18(20)22-14-9-5-4-6-10-14;1-2-12-20-16(18)14-10-6-7-11-15(14)22-17(19)21-13-8-4-3-5-9-13/h4-12H,2-3,13H2,1H3;3-11H,2,12H2,1H3. The van der Waals surface area contributed by atoms with E-state index in [-0.39, 0.29) is 22.6 Å². The highest BCUT2D eigenvalue weighted by atomic mass is 16.7. The van der Waals surface area contributed by atoms with Gasteiger partial charge < -0.3 is 28.4 Å². The third kappa shape index (κ3) is 11.9. The van der Waals surface area contributed by atoms with Gasteiger partial charge in [-0.15, -0.1) is 0 Å². The molecule has 0 saturated heterocycles. The molecule has 0 heterocycles. The number of carbonyl (C=O) groups excluding carboxylic acids is 4. The minimum absolute atomic E-state index is 0.101. The number of hydrogen-bond donors (Lipinski definition) is 0. The first kappa shape index (κ1) is 33.9. The largest absolute Gasteiger partial charge is 0.519 e. The number of rotatable bonds is 11. The van der Waals surface area contributed by atoms with Crippen molar-refractivity contribution in [1.82, 2.24) is 0 Å². The molecule has 4 aromatic rings. The van der Waals surface area contributed by atoms with E-state index in [1.807, 2.05) is 13.8 Å². The van der Waals surface area contributed by atoms with Crippen molar-refractivity contribution in [1.29, 1.82) is 0 Å². The second kappa shape index (κ2) is 18.8. The topological polar surface area (TPSA) is 124 Å². The second-order valence-corrected chi connectivity index (χ2v) is 9.15. The van der Waals surface area contributed by atoms with Crippen molar-refractivity contribution in [3.8, 4) is 23.0 Å². The summed E-state index contributed by atoms with van der Waals surface area (Å²) < 4.78 is 30.4. The summed E-state index contributed by atoms with van der Waals surface area (Å²) >= 11 is 0. The van der Waals surface area contributed by atoms with Crippen LogP contribution in [-0.4, -0.2) is 37.5 Å². The SMILES string of the molecule is CCCCOC(=O)c1ccccc1OC(=O)Oc1ccccc1.CCCOC(=O)c1ccccc1OC(=O)Oc1ccccc1. The van der Waals surface area contributed by atoms with Crippen LogP contribution in [0.25, 0.3) is 0 Å². The molecule has 0 bridgehead atoms. The fourth-order valence-electron chi connectivity index (χ4n) is 3.50. The molecule has 0 aliphatic rings. The summed E-state index contributed by atoms with van der Waals surface area (Å²) in [6, 6.07) is 29.8. The molecule has 45 heavy (non-hydrogen) atoms. The number of carbonyl (C=O) groups is 4. The van der Waals surface area contributed by atoms with E-state index >= 15 is 0 Å². The number of hydrogen-bond acceptors (Lipinski definition) is 10. The van der Waals surface area contributed by atoms with E-state index in [2.05, 4.69) is 0 Å². The minimum Gasteiger partial charge on any atom is -0.462 e. The molecule has 0 aromatic heterocycles. The van der Waals surface area contributed by atoms with Gasteiger partial charge in [0, 0.05) is 0 Å². The van der Waals surface area contributed by atoms with Crippen LogP contribution in [0.5, 0.6) is 23.0 Å². The fraction of sp³-hybridized carbons (Fsp3) is 0.200. The normalized spacial score (nSPS) is 9.91. The van der Waals surface area contributed by atoms with Gasteiger partial charge in [0.25, 0.3) is 0 Å². The van der Waals surface area contributed by atoms with E-state index in [1.54, 1.807) is 91.0 Å². The molecule has 4 aromatic carbocycles. The molecule has 0 atom stereocenters. The second-order valence-electron chi connectivity index (χ2n) is 9.15. The van der Waals surface area contributed by atoms with Crippen LogP contribution in [0.4, 0.5) is 9.59 Å². The molecule has 0 amide bonds. The average molecular weight is 615 g/mol. The molecule has 0 aliphatic carbocycles. The van der Waals surface area contributed by atoms with Crippen molar-refractivity contribution in [2.45, 2.75) is 33.1 Å². The van der Waals surface area contributed by atoms with Crippen LogP contribution in [0, 0.1) is 0 Å². The monoisotopic (exact) mass is 614 g/mol. The van der Waals surface area contributed by atoms with Gasteiger partial charge in [-0.25, -0.2) is 19.2 Å². The molecule has 0 unspecified atom stereocenters. The van der Waals surface area contributed by atoms with E-state index < -0.39 is 24.2 Å². The van der Waals surface area contributed by atoms with Crippen molar-refractivity contribution in [2.75, 3.05) is 13.2 Å². The summed E-state index contributed by atoms with van der Waals surface area (Å²) in [7, 11) is 0. The van der Waals surface area contributed by atoms with Gasteiger partial charge in [0.1, 0.15) is 34.1 Å². The molecule has 0 N–H and O–H groups in total. The Morgan fingerprint density at radius 2 is 0.867 bits per heavy atom. The van der Waals surface area contributed by atoms with Gasteiger partial charge in [-0.3, -0.25) is 0 Å². The van der Waals surface area contributed by atoms with Gasteiger partial charge in [-0.2, -0.15) is 0 Å². The maximum absolute atomic E-state index is 12.0. The molecule has 10 nitrogen and oxygen atoms in total. The summed E-state index contributed by atoms with van der Waals surface area (Å²) in [6.45, 7) is 4.54. The van der Waals surface area contributed by atoms with Crippen molar-refractivity contribution in [2.24, 2.45) is 0 Å². The number of para-hydroxylation sites is 4. The Morgan fingerprint density at radius 1 is 0.467 bits per heavy atom. The maximum Gasteiger partial charge on any atom is 0.519 e. The summed E-state index contributed by atoms with van der Waals surface area (Å²) in [6.07, 6.45) is 0.594. The summed E-state index contributed by atoms with van der Waals surface area (Å²) in [4.78, 5) is 47.5. The van der Waals surface area contributed by atoms with Gasteiger partial charge in [-0.05, 0) is 61.4 Å². The quantitative estimate of drug-likeness (QED) is 0.0931. The highest BCUT2D eigenvalue weighted by Gasteiger charge is 2.18. The van der Waals surface area contributed by atoms with E-state index in [9.17, 15) is 19.2 Å². The summed E-state index contributed by atoms with van der Waals surface area (Å²) in [5.74, 6) is -0.134. The number of unbranched alkanes of at least 4 members (excludes halogenated alkanes) is 1. The Kier molecular flexibility index (Phi) is 14.1. The van der Waals surface area contributed by atoms with E-state index in [0.717, 1.165) is 12.8 Å². The lowest BCUT2D eigenvalue weighted by Gasteiger charge is -2.10. The smallest absolute Gasteiger partial charge is 0.462 e. The van der Waals surface area contributed by atoms with Crippen LogP contribution >= 0.6 is 0 Å². The lowest BCUT2D eigenvalue weighted by molar-refractivity contribution is 0.0488. The van der Waals surface area contributed by atoms with Crippen molar-refractivity contribution < 1.29 is 47.6 Å². The summed E-state index contributed by atoms with van der Waals surface area (Å²) in [5.41, 5.74) is 0.370. The van der Waals surface area contributed by atoms with E-state index in [0.29, 0.717) is 31.1 Å². The number of esters is 2. The van der Waals surface area contributed by atoms with Crippen LogP contribution in [-0.2, 0) is 9.47 Å². The van der Waals surface area contributed by atoms with Gasteiger partial charge in [0.15, 0.2) is 0 Å². The predicted molar refractivity (Wildman–Crippen MR) is 165 cm³/mol. The molecular weight excluding hydrogens is 580 g/mol. The Hall–Kier alpha value is -5.64. The molecule has 0 radical (unpaired) electrons. The zero-order chi connectivity index (χ0) is 32.3. The fourth-order valence-corrected chi connectivity index (χ4v) is 3.50. The first-order valence-corrected chi connectivity index (χ1v) is 14.3. The minimum atomic E-state index is -0.915. The van der Waals surface area contributed by atoms with Crippen molar-refractivity contribution in [3.05, 3.63) is 120 Å². The molecular formula is C35H34O10. The van der Waals surface area contributed by atoms with Gasteiger partial charge in [0.2, 0.25) is 0 Å². The van der Waals surface area contributed by atoms with Crippen molar-refractivity contribution >= 4 is 24.2 Å². The zero-order valence-electron chi connectivity index (χ0n) is 25.0. The number of benzene rings is 4. The van der Waals surface area contributed by atoms with Crippen LogP contribution in [0.2, 0.25) is 0 Å². The van der Waals surface area contributed by atoms with Gasteiger partial charge in [-0.1, -0.05) is 80.9 Å². The third-order valence-electron chi connectivity index (χ3n) is 5.66. The highest BCUT2D eigenvalue weighted by Crippen LogP contribution is 2.22. The van der Waals surface area contributed by atoms with E-state index in [4.69, 9.17) is 28.4 Å². The molecule has 0 aliphatic heterocycles. The number of ether oxygens (including phenoxy) is 6. The molecule has 4 rings (SSSR count). The lowest BCUT2D eigenvalue weighted by Crippen LogP contribution is -2.16. The average Bonchev–Trinajstić information content (AvgIpc) is 3.05. The third-order valence-corrected chi connectivity index (χ3v) is 5.66. The Labute approximate surface area is 261 Å². The first-order chi connectivity index (χ1) is 21.9. The molecule has 10 heteroatoms.